The van der Waals surface area contributed by atoms with E-state index in [1.54, 1.807) is 0 Å². The highest BCUT2D eigenvalue weighted by molar-refractivity contribution is 8.93. The van der Waals surface area contributed by atoms with Gasteiger partial charge in [-0.3, -0.25) is 4.79 Å². The molecule has 0 atom stereocenters. The number of benzene rings is 3. The van der Waals surface area contributed by atoms with Gasteiger partial charge in [-0.1, -0.05) is 129 Å². The van der Waals surface area contributed by atoms with Crippen molar-refractivity contribution < 1.29 is 4.79 Å². The van der Waals surface area contributed by atoms with Crippen LogP contribution in [0.4, 0.5) is 0 Å². The first-order chi connectivity index (χ1) is 16.8. The molecule has 0 fully saturated rings. The van der Waals surface area contributed by atoms with Gasteiger partial charge in [0, 0.05) is 6.42 Å². The van der Waals surface area contributed by atoms with Crippen molar-refractivity contribution >= 4 is 46.6 Å². The van der Waals surface area contributed by atoms with Gasteiger partial charge in [-0.2, -0.15) is 0 Å². The van der Waals surface area contributed by atoms with Gasteiger partial charge in [0.15, 0.2) is 5.78 Å². The third-order valence-corrected chi connectivity index (χ3v) is 8.98. The summed E-state index contributed by atoms with van der Waals surface area (Å²) in [6, 6.07) is 32.3. The van der Waals surface area contributed by atoms with Crippen LogP contribution in [0, 0.1) is 5.41 Å². The Labute approximate surface area is 229 Å². The van der Waals surface area contributed by atoms with Crippen molar-refractivity contribution in [3.8, 4) is 0 Å². The Bertz CT molecular complexity index is 1100. The third-order valence-electron chi connectivity index (χ3n) is 6.54. The highest BCUT2D eigenvalue weighted by Gasteiger charge is 2.30. The fraction of sp³-hybridized carbons (Fsp3) is 0.242. The molecule has 0 bridgehead atoms. The van der Waals surface area contributed by atoms with Crippen LogP contribution in [-0.2, 0) is 4.79 Å². The van der Waals surface area contributed by atoms with Gasteiger partial charge in [-0.15, -0.1) is 17.0 Å². The molecule has 0 radical (unpaired) electrons. The highest BCUT2D eigenvalue weighted by Crippen LogP contribution is 2.39. The van der Waals surface area contributed by atoms with Gasteiger partial charge in [0.05, 0.1) is 0 Å². The maximum Gasteiger partial charge on any atom is 0.158 e. The van der Waals surface area contributed by atoms with E-state index in [1.165, 1.54) is 27.1 Å². The average molecular weight is 562 g/mol. The number of carbonyl (C=O) groups is 1. The predicted molar refractivity (Wildman–Crippen MR) is 165 cm³/mol. The van der Waals surface area contributed by atoms with E-state index in [9.17, 15) is 4.79 Å². The number of halogens is 1. The lowest BCUT2D eigenvalue weighted by Gasteiger charge is -2.32. The van der Waals surface area contributed by atoms with E-state index >= 15 is 0 Å². The largest absolute Gasteiger partial charge is 0.295 e. The number of hydrogen-bond acceptors (Lipinski definition) is 1. The molecule has 0 aliphatic heterocycles. The molecule has 0 saturated heterocycles. The first-order valence-corrected chi connectivity index (χ1v) is 13.7. The zero-order valence-corrected chi connectivity index (χ0v) is 24.7. The average Bonchev–Trinajstić information content (AvgIpc) is 2.89. The Morgan fingerprint density at radius 3 is 1.61 bits per heavy atom. The monoisotopic (exact) mass is 560 g/mol. The summed E-state index contributed by atoms with van der Waals surface area (Å²) in [5.74, 6) is 0.303. The van der Waals surface area contributed by atoms with Crippen molar-refractivity contribution in [2.24, 2.45) is 5.41 Å². The van der Waals surface area contributed by atoms with Crippen molar-refractivity contribution in [3.05, 3.63) is 126 Å². The summed E-state index contributed by atoms with van der Waals surface area (Å²) < 4.78 is 0. The summed E-state index contributed by atoms with van der Waals surface area (Å²) in [6.45, 7) is 10.5. The van der Waals surface area contributed by atoms with Gasteiger partial charge in [0.25, 0.3) is 0 Å². The fourth-order valence-electron chi connectivity index (χ4n) is 4.25. The quantitative estimate of drug-likeness (QED) is 0.227. The number of rotatable bonds is 5. The zero-order chi connectivity index (χ0) is 25.3. The van der Waals surface area contributed by atoms with E-state index in [0.717, 1.165) is 12.0 Å². The Hall–Kier alpha value is -2.54. The van der Waals surface area contributed by atoms with E-state index < -0.39 is 7.92 Å². The highest BCUT2D eigenvalue weighted by atomic mass is 79.9. The van der Waals surface area contributed by atoms with E-state index in [-0.39, 0.29) is 22.4 Å². The van der Waals surface area contributed by atoms with Crippen molar-refractivity contribution in [2.45, 2.75) is 47.5 Å². The molecular weight excluding hydrogens is 523 g/mol. The van der Waals surface area contributed by atoms with Gasteiger partial charge in [0.1, 0.15) is 0 Å². The lowest BCUT2D eigenvalue weighted by atomic mass is 9.72. The zero-order valence-electron chi connectivity index (χ0n) is 22.1. The number of hydrogen-bond donors (Lipinski definition) is 0. The first-order valence-electron chi connectivity index (χ1n) is 12.3. The summed E-state index contributed by atoms with van der Waals surface area (Å²) >= 11 is 0. The standard InChI is InChI=1S/C18H15P.C15H22O.BrH/c1-4-10-16(11-5-1)19(17-12-6-2-7-13-17)18-14-8-3-9-15-18;1-6-11(2)7-8-13-12(3)14(16)9-10-15(13,4)5;/h1-15H;6-8H,9-10H2,1-5H3;1H. The molecule has 4 rings (SSSR count). The molecule has 188 valence electrons. The maximum absolute atomic E-state index is 11.7. The van der Waals surface area contributed by atoms with Gasteiger partial charge >= 0.3 is 0 Å². The SMILES string of the molecule is Br.CC=C(C)C=CC1=C(C)C(=O)CCC1(C)C.c1ccc(P(c2ccccc2)c2ccccc2)cc1. The Balaban J connectivity index is 0.000000251. The minimum atomic E-state index is -0.446. The lowest BCUT2D eigenvalue weighted by Crippen LogP contribution is -2.24. The van der Waals surface area contributed by atoms with Crippen LogP contribution >= 0.6 is 24.9 Å². The number of carbonyl (C=O) groups excluding carboxylic acids is 1. The van der Waals surface area contributed by atoms with Crippen LogP contribution in [0.5, 0.6) is 0 Å². The molecule has 3 aromatic carbocycles. The van der Waals surface area contributed by atoms with Crippen molar-refractivity contribution in [3.63, 3.8) is 0 Å². The maximum atomic E-state index is 11.7. The van der Waals surface area contributed by atoms with E-state index in [1.807, 2.05) is 13.8 Å². The second-order valence-corrected chi connectivity index (χ2v) is 11.8. The summed E-state index contributed by atoms with van der Waals surface area (Å²) in [7, 11) is -0.446. The third kappa shape index (κ3) is 7.99. The molecule has 0 amide bonds. The summed E-state index contributed by atoms with van der Waals surface area (Å²) in [4.78, 5) is 11.7. The Morgan fingerprint density at radius 1 is 0.806 bits per heavy atom. The smallest absolute Gasteiger partial charge is 0.158 e. The molecule has 1 aliphatic carbocycles. The van der Waals surface area contributed by atoms with Crippen LogP contribution in [0.2, 0.25) is 0 Å². The van der Waals surface area contributed by atoms with Crippen LogP contribution in [0.1, 0.15) is 47.5 Å². The second-order valence-electron chi connectivity index (χ2n) is 9.55. The Morgan fingerprint density at radius 2 is 1.22 bits per heavy atom. The summed E-state index contributed by atoms with van der Waals surface area (Å²) in [5.41, 5.74) is 3.50. The van der Waals surface area contributed by atoms with Crippen LogP contribution < -0.4 is 15.9 Å². The van der Waals surface area contributed by atoms with Crippen LogP contribution in [0.25, 0.3) is 0 Å². The second kappa shape index (κ2) is 14.3. The molecule has 0 heterocycles. The molecular formula is C33H38BrOP. The Kier molecular flexibility index (Phi) is 11.8. The van der Waals surface area contributed by atoms with Crippen LogP contribution in [-0.4, -0.2) is 5.78 Å². The molecule has 0 spiro atoms. The van der Waals surface area contributed by atoms with Crippen LogP contribution in [0.15, 0.2) is 126 Å². The fourth-order valence-corrected chi connectivity index (χ4v) is 6.55. The molecule has 1 aliphatic rings. The minimum Gasteiger partial charge on any atom is -0.295 e. The summed E-state index contributed by atoms with van der Waals surface area (Å²) in [6.07, 6.45) is 7.93. The topological polar surface area (TPSA) is 17.1 Å². The van der Waals surface area contributed by atoms with E-state index in [0.29, 0.717) is 12.2 Å². The van der Waals surface area contributed by atoms with Gasteiger partial charge in [0.2, 0.25) is 0 Å². The van der Waals surface area contributed by atoms with Crippen molar-refractivity contribution in [1.82, 2.24) is 0 Å². The molecule has 3 aromatic rings. The van der Waals surface area contributed by atoms with Gasteiger partial charge in [-0.05, 0) is 67.6 Å². The minimum absolute atomic E-state index is 0. The molecule has 0 N–H and O–H groups in total. The van der Waals surface area contributed by atoms with Crippen molar-refractivity contribution in [2.75, 3.05) is 0 Å². The number of allylic oxidation sites excluding steroid dienone is 6. The predicted octanol–water partition coefficient (Wildman–Crippen LogP) is 8.24. The van der Waals surface area contributed by atoms with Crippen LogP contribution in [0.3, 0.4) is 0 Å². The molecule has 0 saturated carbocycles. The normalized spacial score (nSPS) is 15.4. The molecule has 36 heavy (non-hydrogen) atoms. The molecule has 1 nitrogen and oxygen atoms in total. The summed E-state index contributed by atoms with van der Waals surface area (Å²) in [5, 5.41) is 4.19. The first kappa shape index (κ1) is 29.7. The molecule has 0 unspecified atom stereocenters. The number of Topliss-reactive ketones (excluding diaryl/α,β-unsaturated/α-hetero) is 1. The van der Waals surface area contributed by atoms with Crippen molar-refractivity contribution in [1.29, 1.82) is 0 Å². The lowest BCUT2D eigenvalue weighted by molar-refractivity contribution is -0.116. The van der Waals surface area contributed by atoms with Gasteiger partial charge in [-0.25, -0.2) is 0 Å². The number of ketones is 1. The molecule has 3 heteroatoms. The molecule has 0 aromatic heterocycles. The van der Waals surface area contributed by atoms with Gasteiger partial charge < -0.3 is 0 Å². The van der Waals surface area contributed by atoms with E-state index in [4.69, 9.17) is 0 Å². The van der Waals surface area contributed by atoms with E-state index in [2.05, 4.69) is 130 Å².